The van der Waals surface area contributed by atoms with Crippen molar-refractivity contribution >= 4 is 5.78 Å². The van der Waals surface area contributed by atoms with Crippen molar-refractivity contribution in [3.05, 3.63) is 11.6 Å². The number of ketones is 1. The summed E-state index contributed by atoms with van der Waals surface area (Å²) in [6.45, 7) is 10.2. The smallest absolute Gasteiger partial charge is 0.200 e. The van der Waals surface area contributed by atoms with Gasteiger partial charge in [0.25, 0.3) is 0 Å². The molecule has 10 aliphatic rings. The second kappa shape index (κ2) is 19.8. The van der Waals surface area contributed by atoms with Crippen LogP contribution >= 0.6 is 0 Å². The van der Waals surface area contributed by atoms with Gasteiger partial charge in [-0.2, -0.15) is 0 Å². The van der Waals surface area contributed by atoms with Crippen molar-refractivity contribution in [3.63, 3.8) is 0 Å². The van der Waals surface area contributed by atoms with Crippen LogP contribution in [-0.4, -0.2) is 234 Å². The second-order valence-electron chi connectivity index (χ2n) is 23.1. The summed E-state index contributed by atoms with van der Waals surface area (Å²) >= 11 is 0. The van der Waals surface area contributed by atoms with Crippen molar-refractivity contribution in [1.82, 2.24) is 0 Å². The van der Waals surface area contributed by atoms with Gasteiger partial charge in [0, 0.05) is 35.5 Å². The molecule has 0 aromatic rings. The Hall–Kier alpha value is -1.47. The molecule has 4 aliphatic carbocycles. The Labute approximate surface area is 416 Å². The zero-order valence-corrected chi connectivity index (χ0v) is 41.3. The summed E-state index contributed by atoms with van der Waals surface area (Å²) in [5, 5.41) is 130. The fourth-order valence-corrected chi connectivity index (χ4v) is 14.9. The minimum Gasteiger partial charge on any atom is -0.393 e. The first-order chi connectivity index (χ1) is 33.9. The average Bonchev–Trinajstić information content (AvgIpc) is 3.77. The lowest BCUT2D eigenvalue weighted by Gasteiger charge is -2.60. The highest BCUT2D eigenvalue weighted by molar-refractivity contribution is 5.90. The summed E-state index contributed by atoms with van der Waals surface area (Å²) in [6.07, 6.45) is -27.3. The van der Waals surface area contributed by atoms with Crippen molar-refractivity contribution in [2.75, 3.05) is 19.8 Å². The number of ether oxygens (including phenoxy) is 10. The molecule has 0 radical (unpaired) electrons. The van der Waals surface area contributed by atoms with Gasteiger partial charge in [0.2, 0.25) is 5.79 Å². The van der Waals surface area contributed by atoms with Crippen LogP contribution in [0.5, 0.6) is 0 Å². The fraction of sp³-hybridized carbons (Fsp3) is 0.939. The van der Waals surface area contributed by atoms with E-state index in [2.05, 4.69) is 19.9 Å². The van der Waals surface area contributed by atoms with E-state index in [0.29, 0.717) is 25.7 Å². The molecule has 6 aliphatic heterocycles. The molecular weight excluding hydrogens is 957 g/mol. The van der Waals surface area contributed by atoms with Crippen LogP contribution in [0.1, 0.15) is 73.6 Å². The van der Waals surface area contributed by atoms with Gasteiger partial charge in [-0.25, -0.2) is 0 Å². The molecular formula is C49H76O23. The van der Waals surface area contributed by atoms with Crippen LogP contribution in [0.2, 0.25) is 0 Å². The van der Waals surface area contributed by atoms with Crippen LogP contribution in [0.4, 0.5) is 0 Å². The van der Waals surface area contributed by atoms with Gasteiger partial charge in [0.05, 0.1) is 50.3 Å². The molecule has 6 saturated heterocycles. The van der Waals surface area contributed by atoms with Crippen LogP contribution < -0.4 is 0 Å². The molecule has 6 heterocycles. The van der Waals surface area contributed by atoms with Crippen LogP contribution in [0.3, 0.4) is 0 Å². The first-order valence-electron chi connectivity index (χ1n) is 25.8. The quantitative estimate of drug-likeness (QED) is 0.105. The molecule has 0 bridgehead atoms. The number of hydrogen-bond donors (Lipinski definition) is 12. The number of hydrogen-bond acceptors (Lipinski definition) is 23. The molecule has 23 nitrogen and oxygen atoms in total. The first-order valence-corrected chi connectivity index (χ1v) is 25.8. The molecule has 0 aromatic carbocycles. The maximum Gasteiger partial charge on any atom is 0.200 e. The van der Waals surface area contributed by atoms with Crippen LogP contribution in [0, 0.1) is 46.3 Å². The molecule has 32 atom stereocenters. The third-order valence-corrected chi connectivity index (χ3v) is 19.0. The maximum absolute atomic E-state index is 15.2. The topological polar surface area (TPSA) is 352 Å². The number of aliphatic hydroxyl groups is 12. The lowest BCUT2D eigenvalue weighted by molar-refractivity contribution is -0.375. The van der Waals surface area contributed by atoms with E-state index in [1.54, 1.807) is 6.92 Å². The summed E-state index contributed by atoms with van der Waals surface area (Å²) in [5.74, 6) is -3.99. The third kappa shape index (κ3) is 8.43. The number of Topliss-reactive ketones (excluding diaryl/α,β-unsaturated/α-hetero) is 1. The zero-order valence-electron chi connectivity index (χ0n) is 41.3. The number of allylic oxidation sites excluding steroid dienone is 1. The number of rotatable bonds is 8. The highest BCUT2D eigenvalue weighted by Gasteiger charge is 2.75. The molecule has 12 N–H and O–H groups in total. The molecule has 23 heteroatoms. The molecule has 32 unspecified atom stereocenters. The molecule has 10 rings (SSSR count). The number of fused-ring (bicyclic) bond motifs is 7. The van der Waals surface area contributed by atoms with Crippen molar-refractivity contribution in [2.24, 2.45) is 46.3 Å². The van der Waals surface area contributed by atoms with E-state index >= 15 is 4.79 Å². The summed E-state index contributed by atoms with van der Waals surface area (Å²) < 4.78 is 61.7. The Kier molecular flexibility index (Phi) is 14.8. The highest BCUT2D eigenvalue weighted by Crippen LogP contribution is 2.70. The number of aliphatic hydroxyl groups excluding tert-OH is 12. The highest BCUT2D eigenvalue weighted by atomic mass is 16.8. The number of carbonyl (C=O) groups excluding carboxylic acids is 1. The minimum absolute atomic E-state index is 0.0836. The molecule has 1 spiro atoms. The fourth-order valence-electron chi connectivity index (χ4n) is 14.9. The van der Waals surface area contributed by atoms with Crippen molar-refractivity contribution < 1.29 is 113 Å². The normalized spacial score (nSPS) is 58.8. The van der Waals surface area contributed by atoms with E-state index in [0.717, 1.165) is 5.57 Å². The van der Waals surface area contributed by atoms with Gasteiger partial charge in [0.1, 0.15) is 85.5 Å². The van der Waals surface area contributed by atoms with Gasteiger partial charge < -0.3 is 109 Å². The van der Waals surface area contributed by atoms with E-state index in [1.165, 1.54) is 13.8 Å². The van der Waals surface area contributed by atoms with Gasteiger partial charge in [-0.15, -0.1) is 0 Å². The lowest BCUT2D eigenvalue weighted by atomic mass is 9.46. The molecule has 3 saturated carbocycles. The molecule has 410 valence electrons. The standard InChI is InChI=1S/C49H76O23/c1-16-13-65-49(42(62)39(16)70-44-37(60)34(57)29(52)18(3)66-44)17(2)27-40(72-49)33(56)28-22-8-7-20-11-21(50)12-26(48(20,6)23(22)9-10-47(27,28)5)69-46-41(71-45-38(61)35(58)30(53)19(4)67-45)32(55)25(15-64-46)68-43-36(59)31(54)24(51)14-63-43/h7,16-19,21-32,34-46,50-55,57-62H,8-15H2,1-6H3. The molecule has 0 aromatic heterocycles. The van der Waals surface area contributed by atoms with Crippen LogP contribution in [0.25, 0.3) is 0 Å². The van der Waals surface area contributed by atoms with Gasteiger partial charge in [-0.3, -0.25) is 4.79 Å². The lowest BCUT2D eigenvalue weighted by Crippen LogP contribution is -2.65. The largest absolute Gasteiger partial charge is 0.393 e. The summed E-state index contributed by atoms with van der Waals surface area (Å²) in [4.78, 5) is 15.2. The Morgan fingerprint density at radius 3 is 1.92 bits per heavy atom. The monoisotopic (exact) mass is 1030 g/mol. The van der Waals surface area contributed by atoms with Gasteiger partial charge in [-0.1, -0.05) is 39.3 Å². The Balaban J connectivity index is 0.893. The van der Waals surface area contributed by atoms with Gasteiger partial charge in [-0.05, 0) is 56.8 Å². The zero-order chi connectivity index (χ0) is 51.8. The Morgan fingerprint density at radius 2 is 1.26 bits per heavy atom. The SMILES string of the molecule is CC1COC2(OC3C(=O)C4C5CC=C6CC(O)CC(OC7OCC(OC8OCC(O)C(O)C8O)C(O)C7OC7OC(C)C(O)C(O)C7O)C6(C)C5CCC4(C)C3C2C)C(O)C1OC1OC(C)C(O)C(O)C1O. The molecule has 9 fully saturated rings. The second-order valence-corrected chi connectivity index (χ2v) is 23.1. The van der Waals surface area contributed by atoms with E-state index in [9.17, 15) is 61.3 Å². The van der Waals surface area contributed by atoms with Gasteiger partial charge in [0.15, 0.2) is 30.9 Å². The first kappa shape index (κ1) is 53.9. The third-order valence-electron chi connectivity index (χ3n) is 19.0. The number of carbonyl (C=O) groups is 1. The van der Waals surface area contributed by atoms with E-state index in [1.807, 2.05) is 6.92 Å². The van der Waals surface area contributed by atoms with Crippen molar-refractivity contribution in [3.8, 4) is 0 Å². The van der Waals surface area contributed by atoms with Crippen LogP contribution in [-0.2, 0) is 52.2 Å². The predicted octanol–water partition coefficient (Wildman–Crippen LogP) is -3.56. The Bertz CT molecular complexity index is 2000. The summed E-state index contributed by atoms with van der Waals surface area (Å²) in [6, 6.07) is 0. The average molecular weight is 1030 g/mol. The molecule has 72 heavy (non-hydrogen) atoms. The summed E-state index contributed by atoms with van der Waals surface area (Å²) in [7, 11) is 0. The van der Waals surface area contributed by atoms with E-state index in [4.69, 9.17) is 47.4 Å². The molecule has 0 amide bonds. The predicted molar refractivity (Wildman–Crippen MR) is 238 cm³/mol. The van der Waals surface area contributed by atoms with Crippen molar-refractivity contribution in [2.45, 2.75) is 221 Å². The van der Waals surface area contributed by atoms with E-state index in [-0.39, 0.29) is 49.8 Å². The minimum atomic E-state index is -1.79. The summed E-state index contributed by atoms with van der Waals surface area (Å²) in [5.41, 5.74) is -0.503. The van der Waals surface area contributed by atoms with Crippen molar-refractivity contribution in [1.29, 1.82) is 0 Å². The Morgan fingerprint density at radius 1 is 0.653 bits per heavy atom. The maximum atomic E-state index is 15.2. The van der Waals surface area contributed by atoms with E-state index < -0.39 is 176 Å². The van der Waals surface area contributed by atoms with Crippen LogP contribution in [0.15, 0.2) is 11.6 Å². The van der Waals surface area contributed by atoms with Gasteiger partial charge >= 0.3 is 0 Å².